The Morgan fingerprint density at radius 1 is 1.04 bits per heavy atom. The number of esters is 1. The minimum atomic E-state index is -0.295. The maximum absolute atomic E-state index is 12.3. The standard InChI is InChI=1S/C20H22N2O2/c1-3-24-20(23)19-17(16-11-7-8-12-18(16)21-19)14-22(2)13-15-9-5-4-6-10-15/h4-12,21H,3,13-14H2,1-2H3. The second-order valence-corrected chi connectivity index (χ2v) is 5.90. The molecule has 3 aromatic rings. The lowest BCUT2D eigenvalue weighted by Gasteiger charge is -2.17. The molecule has 3 rings (SSSR count). The van der Waals surface area contributed by atoms with Gasteiger partial charge in [-0.3, -0.25) is 4.90 Å². The first-order chi connectivity index (χ1) is 11.7. The third-order valence-corrected chi connectivity index (χ3v) is 4.02. The predicted molar refractivity (Wildman–Crippen MR) is 95.9 cm³/mol. The number of hydrogen-bond donors (Lipinski definition) is 1. The quantitative estimate of drug-likeness (QED) is 0.698. The lowest BCUT2D eigenvalue weighted by atomic mass is 10.1. The highest BCUT2D eigenvalue weighted by Gasteiger charge is 2.19. The molecule has 0 radical (unpaired) electrons. The SMILES string of the molecule is CCOC(=O)c1[nH]c2ccccc2c1CN(C)Cc1ccccc1. The van der Waals surface area contributed by atoms with E-state index in [0.29, 0.717) is 18.8 Å². The summed E-state index contributed by atoms with van der Waals surface area (Å²) in [7, 11) is 2.06. The number of aromatic amines is 1. The fraction of sp³-hybridized carbons (Fsp3) is 0.250. The van der Waals surface area contributed by atoms with Crippen LogP contribution in [0.1, 0.15) is 28.5 Å². The number of nitrogens with zero attached hydrogens (tertiary/aromatic N) is 1. The fourth-order valence-corrected chi connectivity index (χ4v) is 2.96. The number of rotatable bonds is 6. The first kappa shape index (κ1) is 16.3. The van der Waals surface area contributed by atoms with Crippen molar-refractivity contribution in [1.29, 1.82) is 0 Å². The van der Waals surface area contributed by atoms with Crippen molar-refractivity contribution in [3.8, 4) is 0 Å². The molecule has 1 heterocycles. The largest absolute Gasteiger partial charge is 0.461 e. The molecule has 0 atom stereocenters. The number of carbonyl (C=O) groups is 1. The molecule has 0 aliphatic rings. The van der Waals surface area contributed by atoms with Crippen molar-refractivity contribution in [3.63, 3.8) is 0 Å². The Labute approximate surface area is 142 Å². The van der Waals surface area contributed by atoms with Crippen molar-refractivity contribution in [2.75, 3.05) is 13.7 Å². The minimum Gasteiger partial charge on any atom is -0.461 e. The average molecular weight is 322 g/mol. The van der Waals surface area contributed by atoms with Crippen LogP contribution in [0.4, 0.5) is 0 Å². The highest BCUT2D eigenvalue weighted by molar-refractivity contribution is 5.98. The molecule has 0 bridgehead atoms. The summed E-state index contributed by atoms with van der Waals surface area (Å²) in [5, 5.41) is 1.07. The number of fused-ring (bicyclic) bond motifs is 1. The van der Waals surface area contributed by atoms with E-state index in [1.165, 1.54) is 5.56 Å². The van der Waals surface area contributed by atoms with Crippen molar-refractivity contribution in [2.45, 2.75) is 20.0 Å². The molecule has 1 aromatic heterocycles. The van der Waals surface area contributed by atoms with E-state index < -0.39 is 0 Å². The molecule has 0 saturated heterocycles. The summed E-state index contributed by atoms with van der Waals surface area (Å²) in [4.78, 5) is 17.7. The molecule has 0 aliphatic heterocycles. The molecule has 0 aliphatic carbocycles. The molecule has 124 valence electrons. The molecule has 24 heavy (non-hydrogen) atoms. The number of aromatic nitrogens is 1. The van der Waals surface area contributed by atoms with E-state index in [4.69, 9.17) is 4.74 Å². The second kappa shape index (κ2) is 7.32. The van der Waals surface area contributed by atoms with Gasteiger partial charge in [0.2, 0.25) is 0 Å². The molecule has 0 saturated carbocycles. The normalized spacial score (nSPS) is 11.1. The monoisotopic (exact) mass is 322 g/mol. The van der Waals surface area contributed by atoms with E-state index in [1.807, 2.05) is 49.4 Å². The van der Waals surface area contributed by atoms with Gasteiger partial charge in [0.1, 0.15) is 5.69 Å². The smallest absolute Gasteiger partial charge is 0.355 e. The molecule has 0 amide bonds. The molecule has 0 unspecified atom stereocenters. The first-order valence-corrected chi connectivity index (χ1v) is 8.18. The molecule has 4 heteroatoms. The van der Waals surface area contributed by atoms with Crippen molar-refractivity contribution in [2.24, 2.45) is 0 Å². The van der Waals surface area contributed by atoms with E-state index in [2.05, 4.69) is 29.1 Å². The third kappa shape index (κ3) is 3.49. The van der Waals surface area contributed by atoms with Gasteiger partial charge < -0.3 is 9.72 Å². The topological polar surface area (TPSA) is 45.3 Å². The zero-order valence-corrected chi connectivity index (χ0v) is 14.1. The van der Waals surface area contributed by atoms with Crippen molar-refractivity contribution < 1.29 is 9.53 Å². The van der Waals surface area contributed by atoms with E-state index >= 15 is 0 Å². The van der Waals surface area contributed by atoms with Crippen LogP contribution in [0.2, 0.25) is 0 Å². The van der Waals surface area contributed by atoms with Gasteiger partial charge >= 0.3 is 5.97 Å². The van der Waals surface area contributed by atoms with E-state index in [-0.39, 0.29) is 5.97 Å². The van der Waals surface area contributed by atoms with Crippen LogP contribution in [-0.4, -0.2) is 29.5 Å². The number of carbonyl (C=O) groups excluding carboxylic acids is 1. The molecular weight excluding hydrogens is 300 g/mol. The molecule has 2 aromatic carbocycles. The Bertz CT molecular complexity index is 824. The summed E-state index contributed by atoms with van der Waals surface area (Å²) in [5.41, 5.74) is 3.75. The van der Waals surface area contributed by atoms with Gasteiger partial charge in [0, 0.05) is 29.6 Å². The Morgan fingerprint density at radius 2 is 1.75 bits per heavy atom. The van der Waals surface area contributed by atoms with Crippen LogP contribution in [0.3, 0.4) is 0 Å². The number of nitrogens with one attached hydrogen (secondary N) is 1. The highest BCUT2D eigenvalue weighted by atomic mass is 16.5. The molecular formula is C20H22N2O2. The third-order valence-electron chi connectivity index (χ3n) is 4.02. The fourth-order valence-electron chi connectivity index (χ4n) is 2.96. The van der Waals surface area contributed by atoms with Crippen LogP contribution in [0.5, 0.6) is 0 Å². The van der Waals surface area contributed by atoms with Crippen LogP contribution in [-0.2, 0) is 17.8 Å². The van der Waals surface area contributed by atoms with Gasteiger partial charge in [0.05, 0.1) is 6.61 Å². The zero-order valence-electron chi connectivity index (χ0n) is 14.1. The maximum atomic E-state index is 12.3. The van der Waals surface area contributed by atoms with Gasteiger partial charge in [-0.2, -0.15) is 0 Å². The van der Waals surface area contributed by atoms with Gasteiger partial charge in [0.15, 0.2) is 0 Å². The summed E-state index contributed by atoms with van der Waals surface area (Å²) in [5.74, 6) is -0.295. The number of ether oxygens (including phenoxy) is 1. The second-order valence-electron chi connectivity index (χ2n) is 5.90. The average Bonchev–Trinajstić information content (AvgIpc) is 2.95. The molecule has 0 spiro atoms. The molecule has 4 nitrogen and oxygen atoms in total. The summed E-state index contributed by atoms with van der Waals surface area (Å²) < 4.78 is 5.21. The van der Waals surface area contributed by atoms with Crippen molar-refractivity contribution in [1.82, 2.24) is 9.88 Å². The molecule has 0 fully saturated rings. The molecule has 1 N–H and O–H groups in total. The Kier molecular flexibility index (Phi) is 4.96. The minimum absolute atomic E-state index is 0.295. The van der Waals surface area contributed by atoms with Crippen molar-refractivity contribution in [3.05, 3.63) is 71.4 Å². The van der Waals surface area contributed by atoms with Gasteiger partial charge in [-0.1, -0.05) is 48.5 Å². The first-order valence-electron chi connectivity index (χ1n) is 8.18. The van der Waals surface area contributed by atoms with Crippen LogP contribution < -0.4 is 0 Å². The Morgan fingerprint density at radius 3 is 2.50 bits per heavy atom. The summed E-state index contributed by atoms with van der Waals surface area (Å²) in [6, 6.07) is 18.3. The van der Waals surface area contributed by atoms with Gasteiger partial charge in [-0.25, -0.2) is 4.79 Å². The number of benzene rings is 2. The summed E-state index contributed by atoms with van der Waals surface area (Å²) >= 11 is 0. The number of para-hydroxylation sites is 1. The van der Waals surface area contributed by atoms with Crippen LogP contribution in [0.25, 0.3) is 10.9 Å². The lowest BCUT2D eigenvalue weighted by Crippen LogP contribution is -2.19. The summed E-state index contributed by atoms with van der Waals surface area (Å²) in [6.45, 7) is 3.69. The highest BCUT2D eigenvalue weighted by Crippen LogP contribution is 2.24. The maximum Gasteiger partial charge on any atom is 0.355 e. The zero-order chi connectivity index (χ0) is 16.9. The van der Waals surface area contributed by atoms with Crippen LogP contribution in [0, 0.1) is 0 Å². The number of H-pyrrole nitrogens is 1. The predicted octanol–water partition coefficient (Wildman–Crippen LogP) is 3.98. The van der Waals surface area contributed by atoms with E-state index in [9.17, 15) is 4.79 Å². The Hall–Kier alpha value is -2.59. The summed E-state index contributed by atoms with van der Waals surface area (Å²) in [6.07, 6.45) is 0. The van der Waals surface area contributed by atoms with E-state index in [0.717, 1.165) is 23.0 Å². The lowest BCUT2D eigenvalue weighted by molar-refractivity contribution is 0.0518. The number of hydrogen-bond acceptors (Lipinski definition) is 3. The Balaban J connectivity index is 1.89. The van der Waals surface area contributed by atoms with Gasteiger partial charge in [0.25, 0.3) is 0 Å². The van der Waals surface area contributed by atoms with Crippen molar-refractivity contribution >= 4 is 16.9 Å². The van der Waals surface area contributed by atoms with E-state index in [1.54, 1.807) is 0 Å². The van der Waals surface area contributed by atoms with Crippen LogP contribution >= 0.6 is 0 Å². The van der Waals surface area contributed by atoms with Gasteiger partial charge in [-0.05, 0) is 25.6 Å². The van der Waals surface area contributed by atoms with Gasteiger partial charge in [-0.15, -0.1) is 0 Å². The van der Waals surface area contributed by atoms with Crippen LogP contribution in [0.15, 0.2) is 54.6 Å².